The zero-order chi connectivity index (χ0) is 24.5. The van der Waals surface area contributed by atoms with Crippen LogP contribution in [0.2, 0.25) is 10.0 Å². The number of alkyl halides is 7. The molecule has 0 fully saturated rings. The van der Waals surface area contributed by atoms with E-state index in [2.05, 4.69) is 14.7 Å². The van der Waals surface area contributed by atoms with Crippen LogP contribution >= 0.6 is 34.5 Å². The first kappa shape index (κ1) is 25.9. The van der Waals surface area contributed by atoms with Crippen LogP contribution in [0.3, 0.4) is 0 Å². The monoisotopic (exact) mass is 523 g/mol. The molecule has 1 heterocycles. The quantitative estimate of drug-likeness (QED) is 0.286. The van der Waals surface area contributed by atoms with Crippen molar-refractivity contribution in [3.05, 3.63) is 50.0 Å². The van der Waals surface area contributed by atoms with Gasteiger partial charge in [0.1, 0.15) is 10.7 Å². The summed E-state index contributed by atoms with van der Waals surface area (Å²) in [5.41, 5.74) is -2.48. The molecule has 0 aliphatic rings. The van der Waals surface area contributed by atoms with Crippen LogP contribution in [0.4, 0.5) is 36.4 Å². The van der Waals surface area contributed by atoms with E-state index in [-0.39, 0.29) is 28.4 Å². The highest BCUT2D eigenvalue weighted by Crippen LogP contribution is 2.54. The van der Waals surface area contributed by atoms with Gasteiger partial charge >= 0.3 is 24.0 Å². The third-order valence-corrected chi connectivity index (χ3v) is 5.32. The number of aromatic nitrogens is 1. The van der Waals surface area contributed by atoms with Gasteiger partial charge in [-0.2, -0.15) is 26.3 Å². The normalized spacial score (nSPS) is 13.6. The van der Waals surface area contributed by atoms with Crippen molar-refractivity contribution in [1.82, 2.24) is 4.98 Å². The number of nitrogens with zero attached hydrogens (tertiary/aromatic N) is 2. The molecule has 0 aliphatic carbocycles. The minimum atomic E-state index is -6.33. The van der Waals surface area contributed by atoms with Crippen LogP contribution in [0.15, 0.2) is 28.7 Å². The number of esters is 1. The lowest BCUT2D eigenvalue weighted by molar-refractivity contribution is -0.348. The number of thiazole rings is 1. The molecule has 0 bridgehead atoms. The SMILES string of the molecule is COC(=O)c1csc(C(C=Nc2c(Cl)cc(C(F)(C(F)(F)F)C(F)(F)F)cc2Cl)=CN)n1. The first-order valence-corrected chi connectivity index (χ1v) is 9.63. The molecule has 5 nitrogen and oxygen atoms in total. The summed E-state index contributed by atoms with van der Waals surface area (Å²) in [6, 6.07) is 0.261. The average Bonchev–Trinajstić information content (AvgIpc) is 3.16. The van der Waals surface area contributed by atoms with E-state index in [9.17, 15) is 35.5 Å². The van der Waals surface area contributed by atoms with Gasteiger partial charge in [-0.25, -0.2) is 14.2 Å². The highest BCUT2D eigenvalue weighted by Gasteiger charge is 2.73. The number of nitrogens with two attached hydrogens (primary N) is 1. The maximum atomic E-state index is 14.2. The summed E-state index contributed by atoms with van der Waals surface area (Å²) in [5, 5.41) is -0.0463. The molecule has 174 valence electrons. The van der Waals surface area contributed by atoms with Gasteiger partial charge in [-0.1, -0.05) is 23.2 Å². The zero-order valence-corrected chi connectivity index (χ0v) is 17.8. The lowest BCUT2D eigenvalue weighted by Crippen LogP contribution is -2.50. The molecule has 32 heavy (non-hydrogen) atoms. The van der Waals surface area contributed by atoms with Crippen molar-refractivity contribution < 1.29 is 40.3 Å². The first-order valence-electron chi connectivity index (χ1n) is 7.99. The molecule has 0 radical (unpaired) electrons. The maximum Gasteiger partial charge on any atom is 0.435 e. The Hall–Kier alpha value is -2.38. The molecule has 0 unspecified atom stereocenters. The molecular weight excluding hydrogens is 514 g/mol. The number of allylic oxidation sites excluding steroid dienone is 1. The van der Waals surface area contributed by atoms with E-state index in [1.165, 1.54) is 5.38 Å². The van der Waals surface area contributed by atoms with Gasteiger partial charge in [0.25, 0.3) is 0 Å². The van der Waals surface area contributed by atoms with Gasteiger partial charge in [-0.15, -0.1) is 11.3 Å². The summed E-state index contributed by atoms with van der Waals surface area (Å²) < 4.78 is 96.5. The number of hydrogen-bond donors (Lipinski definition) is 1. The molecule has 0 aliphatic heterocycles. The molecule has 0 amide bonds. The molecule has 0 saturated carbocycles. The summed E-state index contributed by atoms with van der Waals surface area (Å²) >= 11 is 12.5. The van der Waals surface area contributed by atoms with Crippen LogP contribution in [0.5, 0.6) is 0 Å². The van der Waals surface area contributed by atoms with E-state index in [0.29, 0.717) is 0 Å². The third-order valence-electron chi connectivity index (χ3n) is 3.85. The van der Waals surface area contributed by atoms with Crippen molar-refractivity contribution >= 4 is 58.0 Å². The number of rotatable bonds is 5. The van der Waals surface area contributed by atoms with Gasteiger partial charge in [-0.05, 0) is 12.1 Å². The second-order valence-electron chi connectivity index (χ2n) is 5.85. The fourth-order valence-corrected chi connectivity index (χ4v) is 3.65. The van der Waals surface area contributed by atoms with Gasteiger partial charge in [0.05, 0.1) is 17.2 Å². The molecule has 2 rings (SSSR count). The van der Waals surface area contributed by atoms with Crippen molar-refractivity contribution in [2.45, 2.75) is 18.0 Å². The number of methoxy groups -OCH3 is 1. The van der Waals surface area contributed by atoms with Gasteiger partial charge in [-0.3, -0.25) is 4.99 Å². The number of hydrogen-bond acceptors (Lipinski definition) is 6. The van der Waals surface area contributed by atoms with E-state index < -0.39 is 45.3 Å². The molecule has 1 aromatic carbocycles. The smallest absolute Gasteiger partial charge is 0.435 e. The van der Waals surface area contributed by atoms with Crippen molar-refractivity contribution in [3.8, 4) is 0 Å². The number of ether oxygens (including phenoxy) is 1. The van der Waals surface area contributed by atoms with Crippen LogP contribution < -0.4 is 5.73 Å². The van der Waals surface area contributed by atoms with Crippen molar-refractivity contribution in [2.24, 2.45) is 10.7 Å². The van der Waals surface area contributed by atoms with Crippen molar-refractivity contribution in [2.75, 3.05) is 7.11 Å². The molecule has 2 N–H and O–H groups in total. The summed E-state index contributed by atoms with van der Waals surface area (Å²) in [6.07, 6.45) is -10.6. The number of aliphatic imine (C=N–C) groups is 1. The molecule has 2 aromatic rings. The Morgan fingerprint density at radius 3 is 2.09 bits per heavy atom. The van der Waals surface area contributed by atoms with Gasteiger partial charge in [0, 0.05) is 28.9 Å². The van der Waals surface area contributed by atoms with Crippen LogP contribution in [0.25, 0.3) is 5.57 Å². The Morgan fingerprint density at radius 1 is 1.12 bits per heavy atom. The van der Waals surface area contributed by atoms with Gasteiger partial charge < -0.3 is 10.5 Å². The van der Waals surface area contributed by atoms with E-state index in [1.54, 1.807) is 0 Å². The predicted octanol–water partition coefficient (Wildman–Crippen LogP) is 6.23. The summed E-state index contributed by atoms with van der Waals surface area (Å²) in [4.78, 5) is 19.2. The fraction of sp³-hybridized carbons (Fsp3) is 0.235. The lowest BCUT2D eigenvalue weighted by Gasteiger charge is -2.30. The first-order chi connectivity index (χ1) is 14.7. The fourth-order valence-electron chi connectivity index (χ4n) is 2.28. The predicted molar refractivity (Wildman–Crippen MR) is 105 cm³/mol. The Morgan fingerprint density at radius 2 is 1.66 bits per heavy atom. The summed E-state index contributed by atoms with van der Waals surface area (Å²) in [6.45, 7) is 0. The second-order valence-corrected chi connectivity index (χ2v) is 7.52. The number of carbonyl (C=O) groups excluding carboxylic acids is 1. The highest BCUT2D eigenvalue weighted by molar-refractivity contribution is 7.11. The van der Waals surface area contributed by atoms with E-state index in [1.807, 2.05) is 0 Å². The molecule has 1 aromatic heterocycles. The zero-order valence-electron chi connectivity index (χ0n) is 15.5. The topological polar surface area (TPSA) is 77.6 Å². The molecule has 0 atom stereocenters. The Bertz CT molecular complexity index is 1040. The van der Waals surface area contributed by atoms with E-state index in [0.717, 1.165) is 30.9 Å². The minimum absolute atomic E-state index is 0.0424. The lowest BCUT2D eigenvalue weighted by atomic mass is 9.94. The maximum absolute atomic E-state index is 14.2. The van der Waals surface area contributed by atoms with Crippen LogP contribution in [0, 0.1) is 0 Å². The summed E-state index contributed by atoms with van der Waals surface area (Å²) in [7, 11) is 1.14. The standard InChI is InChI=1S/C17H10Cl2F7N3O2S/c1-31-14(30)11-6-32-13(29-11)7(4-27)5-28-12-9(18)2-8(3-10(12)19)15(20,16(21,22)23)17(24,25)26/h2-6H,27H2,1H3. The van der Waals surface area contributed by atoms with Crippen LogP contribution in [-0.2, 0) is 10.4 Å². The minimum Gasteiger partial charge on any atom is -0.464 e. The molecule has 0 saturated heterocycles. The number of benzene rings is 1. The molecular formula is C17H10Cl2F7N3O2S. The summed E-state index contributed by atoms with van der Waals surface area (Å²) in [5.74, 6) is -0.730. The third kappa shape index (κ3) is 4.84. The number of halogens is 9. The second kappa shape index (κ2) is 9.24. The van der Waals surface area contributed by atoms with Crippen molar-refractivity contribution in [1.29, 1.82) is 0 Å². The molecule has 15 heteroatoms. The largest absolute Gasteiger partial charge is 0.464 e. The van der Waals surface area contributed by atoms with Gasteiger partial charge in [0.15, 0.2) is 5.69 Å². The Kier molecular flexibility index (Phi) is 7.47. The van der Waals surface area contributed by atoms with E-state index in [4.69, 9.17) is 28.9 Å². The highest BCUT2D eigenvalue weighted by atomic mass is 35.5. The van der Waals surface area contributed by atoms with Gasteiger partial charge in [0.2, 0.25) is 0 Å². The average molecular weight is 524 g/mol. The van der Waals surface area contributed by atoms with Crippen molar-refractivity contribution in [3.63, 3.8) is 0 Å². The molecule has 0 spiro atoms. The Balaban J connectivity index is 2.47. The Labute approximate surface area is 189 Å². The number of carbonyl (C=O) groups is 1. The van der Waals surface area contributed by atoms with Crippen LogP contribution in [-0.4, -0.2) is 36.6 Å². The van der Waals surface area contributed by atoms with E-state index >= 15 is 0 Å². The van der Waals surface area contributed by atoms with Crippen LogP contribution in [0.1, 0.15) is 21.1 Å².